The molecule has 2 fully saturated rings. The molecule has 2 atom stereocenters. The summed E-state index contributed by atoms with van der Waals surface area (Å²) in [7, 11) is 0. The Morgan fingerprint density at radius 2 is 2.31 bits per heavy atom. The molecule has 0 bridgehead atoms. The van der Waals surface area contributed by atoms with E-state index >= 15 is 0 Å². The third kappa shape index (κ3) is 2.22. The van der Waals surface area contributed by atoms with Gasteiger partial charge >= 0.3 is 0 Å². The van der Waals surface area contributed by atoms with Crippen LogP contribution in [0.25, 0.3) is 0 Å². The first kappa shape index (κ1) is 9.44. The maximum atomic E-state index is 10.1. The van der Waals surface area contributed by atoms with Crippen molar-refractivity contribution >= 4 is 0 Å². The Kier molecular flexibility index (Phi) is 2.58. The smallest absolute Gasteiger partial charge is 0.105 e. The van der Waals surface area contributed by atoms with Crippen LogP contribution in [0.4, 0.5) is 0 Å². The van der Waals surface area contributed by atoms with Crippen molar-refractivity contribution in [1.29, 1.82) is 0 Å². The van der Waals surface area contributed by atoms with Crippen LogP contribution in [0, 0.1) is 5.92 Å². The Labute approximate surface area is 79.5 Å². The third-order valence-corrected chi connectivity index (χ3v) is 3.22. The summed E-state index contributed by atoms with van der Waals surface area (Å²) in [6.45, 7) is 4.40. The molecule has 1 saturated heterocycles. The van der Waals surface area contributed by atoms with Gasteiger partial charge in [-0.25, -0.2) is 0 Å². The Balaban J connectivity index is 1.71. The maximum Gasteiger partial charge on any atom is 0.105 e. The molecule has 0 aromatic heterocycles. The molecule has 3 heteroatoms. The Bertz CT molecular complexity index is 182. The summed E-state index contributed by atoms with van der Waals surface area (Å²) < 4.78 is 5.35. The van der Waals surface area contributed by atoms with Gasteiger partial charge in [0.05, 0.1) is 6.10 Å². The molecule has 1 aliphatic heterocycles. The number of nitrogens with one attached hydrogen (secondary N) is 1. The Hall–Kier alpha value is -0.120. The maximum absolute atomic E-state index is 10.1. The summed E-state index contributed by atoms with van der Waals surface area (Å²) >= 11 is 0. The van der Waals surface area contributed by atoms with Gasteiger partial charge in [-0.3, -0.25) is 0 Å². The molecule has 0 aromatic carbocycles. The van der Waals surface area contributed by atoms with Crippen LogP contribution in [0.3, 0.4) is 0 Å². The summed E-state index contributed by atoms with van der Waals surface area (Å²) in [5, 5.41) is 13.4. The standard InChI is InChI=1S/C10H19NO2/c1-8-10(12,4-5-13-8)7-11-6-9-2-3-9/h8-9,11-12H,2-7H2,1H3. The van der Waals surface area contributed by atoms with Crippen LogP contribution in [0.1, 0.15) is 26.2 Å². The van der Waals surface area contributed by atoms with Gasteiger partial charge in [0.1, 0.15) is 5.60 Å². The first-order valence-electron chi connectivity index (χ1n) is 5.25. The van der Waals surface area contributed by atoms with Gasteiger partial charge in [-0.05, 0) is 32.2 Å². The summed E-state index contributed by atoms with van der Waals surface area (Å²) in [6.07, 6.45) is 3.47. The number of aliphatic hydroxyl groups is 1. The molecule has 3 nitrogen and oxygen atoms in total. The highest BCUT2D eigenvalue weighted by atomic mass is 16.5. The molecule has 0 spiro atoms. The second kappa shape index (κ2) is 3.56. The van der Waals surface area contributed by atoms with Crippen molar-refractivity contribution in [2.75, 3.05) is 19.7 Å². The van der Waals surface area contributed by atoms with Crippen molar-refractivity contribution in [2.45, 2.75) is 37.9 Å². The van der Waals surface area contributed by atoms with Crippen molar-refractivity contribution in [3.05, 3.63) is 0 Å². The van der Waals surface area contributed by atoms with Gasteiger partial charge in [-0.2, -0.15) is 0 Å². The average molecular weight is 185 g/mol. The molecule has 2 unspecified atom stereocenters. The van der Waals surface area contributed by atoms with Crippen LogP contribution >= 0.6 is 0 Å². The Morgan fingerprint density at radius 3 is 2.85 bits per heavy atom. The van der Waals surface area contributed by atoms with Crippen molar-refractivity contribution in [3.63, 3.8) is 0 Å². The molecule has 76 valence electrons. The van der Waals surface area contributed by atoms with Gasteiger partial charge in [0.15, 0.2) is 0 Å². The van der Waals surface area contributed by atoms with Crippen molar-refractivity contribution in [1.82, 2.24) is 5.32 Å². The third-order valence-electron chi connectivity index (χ3n) is 3.22. The number of ether oxygens (including phenoxy) is 1. The molecule has 13 heavy (non-hydrogen) atoms. The van der Waals surface area contributed by atoms with Crippen LogP contribution in [0.2, 0.25) is 0 Å². The summed E-state index contributed by atoms with van der Waals surface area (Å²) in [5.41, 5.74) is -0.616. The largest absolute Gasteiger partial charge is 0.386 e. The second-order valence-electron chi connectivity index (χ2n) is 4.44. The zero-order valence-corrected chi connectivity index (χ0v) is 8.25. The van der Waals surface area contributed by atoms with E-state index in [2.05, 4.69) is 5.32 Å². The van der Waals surface area contributed by atoms with Crippen LogP contribution < -0.4 is 5.32 Å². The Morgan fingerprint density at radius 1 is 1.54 bits per heavy atom. The monoisotopic (exact) mass is 185 g/mol. The van der Waals surface area contributed by atoms with Gasteiger partial charge in [-0.15, -0.1) is 0 Å². The first-order valence-corrected chi connectivity index (χ1v) is 5.25. The predicted molar refractivity (Wildman–Crippen MR) is 50.6 cm³/mol. The molecule has 0 aromatic rings. The first-order chi connectivity index (χ1) is 6.21. The molecular weight excluding hydrogens is 166 g/mol. The van der Waals surface area contributed by atoms with E-state index in [1.54, 1.807) is 0 Å². The average Bonchev–Trinajstić information content (AvgIpc) is 2.83. The highest BCUT2D eigenvalue weighted by Crippen LogP contribution is 2.28. The molecule has 2 N–H and O–H groups in total. The molecule has 1 heterocycles. The molecule has 2 rings (SSSR count). The molecule has 0 amide bonds. The molecule has 0 radical (unpaired) electrons. The minimum absolute atomic E-state index is 0.0146. The lowest BCUT2D eigenvalue weighted by Gasteiger charge is -2.26. The summed E-state index contributed by atoms with van der Waals surface area (Å²) in [6, 6.07) is 0. The minimum Gasteiger partial charge on any atom is -0.386 e. The van der Waals surface area contributed by atoms with E-state index in [-0.39, 0.29) is 6.10 Å². The lowest BCUT2D eigenvalue weighted by molar-refractivity contribution is -0.0261. The fourth-order valence-corrected chi connectivity index (χ4v) is 1.82. The van der Waals surface area contributed by atoms with Gasteiger partial charge in [0.2, 0.25) is 0 Å². The van der Waals surface area contributed by atoms with Crippen molar-refractivity contribution in [3.8, 4) is 0 Å². The van der Waals surface area contributed by atoms with E-state index in [0.717, 1.165) is 18.9 Å². The fraction of sp³-hybridized carbons (Fsp3) is 1.00. The molecule has 1 aliphatic carbocycles. The van der Waals surface area contributed by atoms with Gasteiger partial charge in [0, 0.05) is 19.6 Å². The van der Waals surface area contributed by atoms with E-state index in [9.17, 15) is 5.11 Å². The zero-order chi connectivity index (χ0) is 9.31. The highest BCUT2D eigenvalue weighted by molar-refractivity contribution is 4.92. The SMILES string of the molecule is CC1OCCC1(O)CNCC1CC1. The van der Waals surface area contributed by atoms with E-state index in [1.807, 2.05) is 6.92 Å². The van der Waals surface area contributed by atoms with Crippen LogP contribution in [-0.2, 0) is 4.74 Å². The zero-order valence-electron chi connectivity index (χ0n) is 8.25. The molecular formula is C10H19NO2. The van der Waals surface area contributed by atoms with Crippen LogP contribution in [-0.4, -0.2) is 36.5 Å². The second-order valence-corrected chi connectivity index (χ2v) is 4.44. The van der Waals surface area contributed by atoms with Crippen molar-refractivity contribution in [2.24, 2.45) is 5.92 Å². The van der Waals surface area contributed by atoms with Crippen molar-refractivity contribution < 1.29 is 9.84 Å². The van der Waals surface area contributed by atoms with E-state index in [0.29, 0.717) is 13.2 Å². The number of hydrogen-bond donors (Lipinski definition) is 2. The van der Waals surface area contributed by atoms with Crippen LogP contribution in [0.15, 0.2) is 0 Å². The lowest BCUT2D eigenvalue weighted by Crippen LogP contribution is -2.46. The fourth-order valence-electron chi connectivity index (χ4n) is 1.82. The highest BCUT2D eigenvalue weighted by Gasteiger charge is 2.39. The predicted octanol–water partition coefficient (Wildman–Crippen LogP) is 0.526. The van der Waals surface area contributed by atoms with Gasteiger partial charge in [0.25, 0.3) is 0 Å². The topological polar surface area (TPSA) is 41.5 Å². The molecule has 1 saturated carbocycles. The number of rotatable bonds is 4. The van der Waals surface area contributed by atoms with E-state index in [4.69, 9.17) is 4.74 Å². The van der Waals surface area contributed by atoms with Gasteiger partial charge in [-0.1, -0.05) is 0 Å². The van der Waals surface area contributed by atoms with E-state index < -0.39 is 5.60 Å². The van der Waals surface area contributed by atoms with Crippen LogP contribution in [0.5, 0.6) is 0 Å². The lowest BCUT2D eigenvalue weighted by atomic mass is 9.97. The summed E-state index contributed by atoms with van der Waals surface area (Å²) in [4.78, 5) is 0. The molecule has 2 aliphatic rings. The normalized spacial score (nSPS) is 39.7. The minimum atomic E-state index is -0.616. The summed E-state index contributed by atoms with van der Waals surface area (Å²) in [5.74, 6) is 0.876. The van der Waals surface area contributed by atoms with Gasteiger partial charge < -0.3 is 15.2 Å². The number of hydrogen-bond acceptors (Lipinski definition) is 3. The van der Waals surface area contributed by atoms with E-state index in [1.165, 1.54) is 12.8 Å². The quantitative estimate of drug-likeness (QED) is 0.671.